The molecule has 3 aliphatic rings. The van der Waals surface area contributed by atoms with Crippen molar-refractivity contribution in [1.82, 2.24) is 10.2 Å². The third-order valence-corrected chi connectivity index (χ3v) is 5.92. The molecule has 0 spiro atoms. The first-order valence-corrected chi connectivity index (χ1v) is 10.2. The van der Waals surface area contributed by atoms with Crippen molar-refractivity contribution in [3.8, 4) is 0 Å². The third-order valence-electron chi connectivity index (χ3n) is 5.92. The first kappa shape index (κ1) is 19.7. The monoisotopic (exact) mass is 396 g/mol. The predicted molar refractivity (Wildman–Crippen MR) is 113 cm³/mol. The molecule has 2 unspecified atom stereocenters. The summed E-state index contributed by atoms with van der Waals surface area (Å²) in [6.45, 7) is 12.1. The number of ether oxygens (including phenoxy) is 1. The smallest absolute Gasteiger partial charge is 0.256 e. The Hall–Kier alpha value is -2.64. The quantitative estimate of drug-likeness (QED) is 0.791. The van der Waals surface area contributed by atoms with Crippen molar-refractivity contribution in [3.63, 3.8) is 0 Å². The van der Waals surface area contributed by atoms with E-state index in [-0.39, 0.29) is 24.0 Å². The summed E-state index contributed by atoms with van der Waals surface area (Å²) >= 11 is 0. The Morgan fingerprint density at radius 2 is 2.10 bits per heavy atom. The van der Waals surface area contributed by atoms with Gasteiger partial charge >= 0.3 is 0 Å². The average molecular weight is 396 g/mol. The Kier molecular flexibility index (Phi) is 5.43. The zero-order valence-electron chi connectivity index (χ0n) is 16.8. The molecular weight excluding hydrogens is 368 g/mol. The number of carbonyl (C=O) groups excluding carboxylic acids is 2. The molecular formula is C22H28N4O3. The van der Waals surface area contributed by atoms with Crippen molar-refractivity contribution in [2.24, 2.45) is 0 Å². The normalized spacial score (nSPS) is 26.4. The molecule has 0 aromatic heterocycles. The second-order valence-corrected chi connectivity index (χ2v) is 7.67. The first-order valence-electron chi connectivity index (χ1n) is 10.2. The molecule has 1 aromatic rings. The summed E-state index contributed by atoms with van der Waals surface area (Å²) in [6, 6.07) is 5.68. The van der Waals surface area contributed by atoms with Crippen LogP contribution < -0.4 is 15.1 Å². The minimum Gasteiger partial charge on any atom is -0.368 e. The van der Waals surface area contributed by atoms with Crippen LogP contribution in [0, 0.1) is 0 Å². The summed E-state index contributed by atoms with van der Waals surface area (Å²) in [5, 5.41) is 3.46. The second-order valence-electron chi connectivity index (χ2n) is 7.67. The third kappa shape index (κ3) is 3.45. The van der Waals surface area contributed by atoms with Crippen LogP contribution >= 0.6 is 0 Å². The molecule has 1 aromatic carbocycles. The van der Waals surface area contributed by atoms with Crippen molar-refractivity contribution in [3.05, 3.63) is 49.2 Å². The SMILES string of the molecule is C=C[C@H]1CN(C(=O)C2CCCO2)c2cc(C3NCCN3C=C)ccc2N1C(C)=O. The summed E-state index contributed by atoms with van der Waals surface area (Å²) in [4.78, 5) is 31.3. The van der Waals surface area contributed by atoms with Gasteiger partial charge in [0, 0.05) is 26.6 Å². The maximum Gasteiger partial charge on any atom is 0.256 e. The Bertz CT molecular complexity index is 833. The maximum atomic E-state index is 13.3. The van der Waals surface area contributed by atoms with Crippen molar-refractivity contribution < 1.29 is 14.3 Å². The number of nitrogens with zero attached hydrogens (tertiary/aromatic N) is 3. The van der Waals surface area contributed by atoms with Gasteiger partial charge in [-0.1, -0.05) is 18.7 Å². The number of nitrogens with one attached hydrogen (secondary N) is 1. The van der Waals surface area contributed by atoms with Crippen LogP contribution in [0.1, 0.15) is 31.5 Å². The van der Waals surface area contributed by atoms with Gasteiger partial charge in [-0.05, 0) is 36.7 Å². The van der Waals surface area contributed by atoms with E-state index in [4.69, 9.17) is 4.74 Å². The van der Waals surface area contributed by atoms with Gasteiger partial charge in [-0.3, -0.25) is 14.9 Å². The summed E-state index contributed by atoms with van der Waals surface area (Å²) in [5.41, 5.74) is 2.51. The molecule has 7 heteroatoms. The van der Waals surface area contributed by atoms with Crippen LogP contribution in [-0.4, -0.2) is 55.1 Å². The lowest BCUT2D eigenvalue weighted by molar-refractivity contribution is -0.127. The minimum atomic E-state index is -0.421. The predicted octanol–water partition coefficient (Wildman–Crippen LogP) is 2.17. The summed E-state index contributed by atoms with van der Waals surface area (Å²) in [7, 11) is 0. The number of anilines is 2. The van der Waals surface area contributed by atoms with Crippen LogP contribution in [0.25, 0.3) is 0 Å². The molecule has 0 aliphatic carbocycles. The topological polar surface area (TPSA) is 65.1 Å². The number of amides is 2. The fourth-order valence-electron chi connectivity index (χ4n) is 4.50. The highest BCUT2D eigenvalue weighted by atomic mass is 16.5. The first-order chi connectivity index (χ1) is 14.0. The van der Waals surface area contributed by atoms with E-state index in [9.17, 15) is 9.59 Å². The molecule has 0 radical (unpaired) electrons. The van der Waals surface area contributed by atoms with Crippen LogP contribution in [0.3, 0.4) is 0 Å². The van der Waals surface area contributed by atoms with Gasteiger partial charge in [0.2, 0.25) is 5.91 Å². The van der Waals surface area contributed by atoms with Crippen LogP contribution in [-0.2, 0) is 14.3 Å². The number of benzene rings is 1. The molecule has 3 heterocycles. The lowest BCUT2D eigenvalue weighted by Crippen LogP contribution is -2.53. The van der Waals surface area contributed by atoms with E-state index in [1.165, 1.54) is 0 Å². The number of hydrogen-bond donors (Lipinski definition) is 1. The molecule has 3 atom stereocenters. The zero-order chi connectivity index (χ0) is 20.5. The van der Waals surface area contributed by atoms with E-state index in [0.717, 1.165) is 42.9 Å². The van der Waals surface area contributed by atoms with E-state index in [1.54, 1.807) is 22.8 Å². The van der Waals surface area contributed by atoms with Crippen molar-refractivity contribution in [2.75, 3.05) is 36.0 Å². The molecule has 0 saturated carbocycles. The molecule has 29 heavy (non-hydrogen) atoms. The Morgan fingerprint density at radius 3 is 2.76 bits per heavy atom. The van der Waals surface area contributed by atoms with Gasteiger partial charge in [0.1, 0.15) is 12.3 Å². The van der Waals surface area contributed by atoms with E-state index in [0.29, 0.717) is 13.2 Å². The largest absolute Gasteiger partial charge is 0.368 e. The van der Waals surface area contributed by atoms with Crippen molar-refractivity contribution in [1.29, 1.82) is 0 Å². The number of rotatable bonds is 4. The molecule has 2 saturated heterocycles. The average Bonchev–Trinajstić information content (AvgIpc) is 3.43. The molecule has 2 amide bonds. The molecule has 7 nitrogen and oxygen atoms in total. The highest BCUT2D eigenvalue weighted by molar-refractivity contribution is 6.05. The molecule has 4 rings (SSSR count). The summed E-state index contributed by atoms with van der Waals surface area (Å²) < 4.78 is 5.66. The second kappa shape index (κ2) is 8.00. The van der Waals surface area contributed by atoms with E-state index in [2.05, 4.69) is 23.4 Å². The maximum absolute atomic E-state index is 13.3. The highest BCUT2D eigenvalue weighted by Gasteiger charge is 2.38. The standard InChI is InChI=1S/C22H28N4O3/c1-4-17-14-25(22(28)20-7-6-12-29-20)19-13-16(21-23-10-11-24(21)5-2)8-9-18(19)26(17)15(3)27/h4-5,8-9,13,17,20-21,23H,1-2,6-7,10-12,14H2,3H3/t17-,20?,21?/m0/s1. The van der Waals surface area contributed by atoms with Crippen molar-refractivity contribution in [2.45, 2.75) is 38.1 Å². The van der Waals surface area contributed by atoms with Crippen LogP contribution in [0.5, 0.6) is 0 Å². The highest BCUT2D eigenvalue weighted by Crippen LogP contribution is 2.39. The molecule has 154 valence electrons. The number of carbonyl (C=O) groups is 2. The van der Waals surface area contributed by atoms with Gasteiger partial charge in [0.05, 0.1) is 24.0 Å². The van der Waals surface area contributed by atoms with Gasteiger partial charge in [-0.15, -0.1) is 6.58 Å². The Labute approximate surface area is 171 Å². The number of fused-ring (bicyclic) bond motifs is 1. The van der Waals surface area contributed by atoms with Gasteiger partial charge in [-0.2, -0.15) is 0 Å². The summed E-state index contributed by atoms with van der Waals surface area (Å²) in [5.74, 6) is -0.115. The molecule has 3 aliphatic heterocycles. The molecule has 1 N–H and O–H groups in total. The lowest BCUT2D eigenvalue weighted by atomic mass is 10.0. The van der Waals surface area contributed by atoms with Gasteiger partial charge < -0.3 is 19.4 Å². The fraction of sp³-hybridized carbons (Fsp3) is 0.455. The van der Waals surface area contributed by atoms with Crippen molar-refractivity contribution >= 4 is 23.2 Å². The van der Waals surface area contributed by atoms with Gasteiger partial charge in [0.25, 0.3) is 5.91 Å². The van der Waals surface area contributed by atoms with E-state index >= 15 is 0 Å². The van der Waals surface area contributed by atoms with Crippen LogP contribution in [0.15, 0.2) is 43.6 Å². The summed E-state index contributed by atoms with van der Waals surface area (Å²) in [6.07, 6.45) is 4.76. The molecule has 0 bridgehead atoms. The Morgan fingerprint density at radius 1 is 1.28 bits per heavy atom. The fourth-order valence-corrected chi connectivity index (χ4v) is 4.50. The van der Waals surface area contributed by atoms with E-state index < -0.39 is 6.10 Å². The zero-order valence-corrected chi connectivity index (χ0v) is 16.8. The number of hydrogen-bond acceptors (Lipinski definition) is 5. The molecule has 2 fully saturated rings. The van der Waals surface area contributed by atoms with Gasteiger partial charge in [-0.25, -0.2) is 0 Å². The van der Waals surface area contributed by atoms with Gasteiger partial charge in [0.15, 0.2) is 0 Å². The van der Waals surface area contributed by atoms with Crippen LogP contribution in [0.4, 0.5) is 11.4 Å². The lowest BCUT2D eigenvalue weighted by Gasteiger charge is -2.42. The van der Waals surface area contributed by atoms with E-state index in [1.807, 2.05) is 24.4 Å². The van der Waals surface area contributed by atoms with Crippen LogP contribution in [0.2, 0.25) is 0 Å². The minimum absolute atomic E-state index is 0.000360. The Balaban J connectivity index is 1.78.